The van der Waals surface area contributed by atoms with Crippen molar-refractivity contribution in [2.75, 3.05) is 30.2 Å². The van der Waals surface area contributed by atoms with Crippen molar-refractivity contribution in [2.45, 2.75) is 37.0 Å². The molecule has 2 N–H and O–H groups in total. The number of hydrogen-bond donors (Lipinski definition) is 2. The van der Waals surface area contributed by atoms with Crippen molar-refractivity contribution in [3.05, 3.63) is 102 Å². The third kappa shape index (κ3) is 9.18. The van der Waals surface area contributed by atoms with E-state index in [0.717, 1.165) is 41.5 Å². The van der Waals surface area contributed by atoms with Gasteiger partial charge in [-0.15, -0.1) is 0 Å². The van der Waals surface area contributed by atoms with Gasteiger partial charge in [0.1, 0.15) is 29.1 Å². The average molecular weight is 616 g/mol. The van der Waals surface area contributed by atoms with Gasteiger partial charge in [0.05, 0.1) is 11.9 Å². The third-order valence-corrected chi connectivity index (χ3v) is 8.12. The zero-order valence-electron chi connectivity index (χ0n) is 24.3. The van der Waals surface area contributed by atoms with E-state index in [-0.39, 0.29) is 17.8 Å². The Morgan fingerprint density at radius 2 is 1.59 bits per heavy atom. The Labute approximate surface area is 260 Å². The van der Waals surface area contributed by atoms with E-state index in [9.17, 15) is 14.0 Å². The summed E-state index contributed by atoms with van der Waals surface area (Å²) in [5, 5.41) is 3.72. The molecule has 2 aromatic heterocycles. The number of carbonyl (C=O) groups is 2. The fourth-order valence-corrected chi connectivity index (χ4v) is 5.09. The first-order chi connectivity index (χ1) is 21.5. The Morgan fingerprint density at radius 3 is 2.18 bits per heavy atom. The minimum absolute atomic E-state index is 0.0977. The lowest BCUT2D eigenvalue weighted by molar-refractivity contribution is 0.0590. The topological polar surface area (TPSA) is 106 Å². The highest BCUT2D eigenvalue weighted by Crippen LogP contribution is 2.34. The van der Waals surface area contributed by atoms with Gasteiger partial charge in [0.25, 0.3) is 5.91 Å². The predicted octanol–water partition coefficient (Wildman–Crippen LogP) is 6.85. The van der Waals surface area contributed by atoms with Crippen molar-refractivity contribution in [1.29, 1.82) is 0 Å². The molecule has 1 saturated heterocycles. The van der Waals surface area contributed by atoms with E-state index in [2.05, 4.69) is 20.0 Å². The molecule has 1 saturated carbocycles. The van der Waals surface area contributed by atoms with Gasteiger partial charge < -0.3 is 24.4 Å². The van der Waals surface area contributed by atoms with Gasteiger partial charge in [-0.1, -0.05) is 0 Å². The fourth-order valence-electron chi connectivity index (χ4n) is 4.28. The van der Waals surface area contributed by atoms with Crippen LogP contribution in [0.25, 0.3) is 0 Å². The zero-order chi connectivity index (χ0) is 30.7. The molecule has 3 heterocycles. The molecule has 1 aliphatic heterocycles. The van der Waals surface area contributed by atoms with Crippen LogP contribution in [0.2, 0.25) is 0 Å². The number of ether oxygens (including phenoxy) is 2. The Hall–Kier alpha value is -4.64. The van der Waals surface area contributed by atoms with Gasteiger partial charge in [0, 0.05) is 61.7 Å². The molecular weight excluding hydrogens is 581 g/mol. The first kappa shape index (κ1) is 30.8. The maximum atomic E-state index is 12.6. The Bertz CT molecular complexity index is 1490. The molecule has 1 aliphatic carbocycles. The van der Waals surface area contributed by atoms with Crippen LogP contribution in [-0.2, 0) is 0 Å². The lowest BCUT2D eigenvalue weighted by atomic mass is 10.1. The van der Waals surface area contributed by atoms with E-state index in [4.69, 9.17) is 9.47 Å². The van der Waals surface area contributed by atoms with Gasteiger partial charge in [-0.2, -0.15) is 0 Å². The third-order valence-electron chi connectivity index (χ3n) is 6.96. The summed E-state index contributed by atoms with van der Waals surface area (Å²) in [6.45, 7) is 1.27. The number of piperidine rings is 1. The van der Waals surface area contributed by atoms with Crippen LogP contribution in [0.4, 0.5) is 15.8 Å². The molecule has 0 unspecified atom stereocenters. The number of nitrogens with one attached hydrogen (secondary N) is 2. The minimum Gasteiger partial charge on any atom is -0.490 e. The van der Waals surface area contributed by atoms with Gasteiger partial charge in [0.15, 0.2) is 6.29 Å². The van der Waals surface area contributed by atoms with Gasteiger partial charge >= 0.3 is 0 Å². The van der Waals surface area contributed by atoms with Gasteiger partial charge in [-0.3, -0.25) is 14.6 Å². The summed E-state index contributed by atoms with van der Waals surface area (Å²) in [4.78, 5) is 33.2. The SMILES string of the molecule is CNc1ccc(Oc2ccc(F)cc2)nc1.O=Cc1ccc(C(=O)N2CCC(Oc3ccc(NSC4CC4)cc3)CC2)nc1. The minimum atomic E-state index is -0.286. The first-order valence-electron chi connectivity index (χ1n) is 14.4. The molecule has 4 aromatic rings. The van der Waals surface area contributed by atoms with E-state index in [1.54, 1.807) is 53.4 Å². The van der Waals surface area contributed by atoms with Crippen LogP contribution < -0.4 is 19.5 Å². The number of nitrogens with zero attached hydrogens (tertiary/aromatic N) is 3. The number of aromatic nitrogens is 2. The van der Waals surface area contributed by atoms with E-state index in [1.165, 1.54) is 31.2 Å². The molecule has 2 fully saturated rings. The Morgan fingerprint density at radius 1 is 0.886 bits per heavy atom. The number of rotatable bonds is 10. The monoisotopic (exact) mass is 615 g/mol. The molecule has 0 radical (unpaired) electrons. The quantitative estimate of drug-likeness (QED) is 0.146. The molecule has 0 atom stereocenters. The number of amides is 1. The summed E-state index contributed by atoms with van der Waals surface area (Å²) in [6, 6.07) is 20.7. The molecule has 2 aliphatic rings. The number of anilines is 2. The van der Waals surface area contributed by atoms with Crippen LogP contribution in [0, 0.1) is 5.82 Å². The molecule has 44 heavy (non-hydrogen) atoms. The molecule has 9 nitrogen and oxygen atoms in total. The molecule has 0 spiro atoms. The Balaban J connectivity index is 0.000000204. The van der Waals surface area contributed by atoms with Gasteiger partial charge in [-0.25, -0.2) is 9.37 Å². The number of aldehydes is 1. The summed E-state index contributed by atoms with van der Waals surface area (Å²) in [7, 11) is 1.82. The number of likely N-dealkylation sites (tertiary alicyclic amines) is 1. The molecular formula is C33H34FN5O4S. The number of halogens is 1. The van der Waals surface area contributed by atoms with Crippen LogP contribution in [0.15, 0.2) is 85.2 Å². The first-order valence-corrected chi connectivity index (χ1v) is 15.3. The van der Waals surface area contributed by atoms with Crippen molar-refractivity contribution >= 4 is 35.5 Å². The van der Waals surface area contributed by atoms with Crippen LogP contribution in [0.3, 0.4) is 0 Å². The summed E-state index contributed by atoms with van der Waals surface area (Å²) in [5.41, 5.74) is 2.84. The molecule has 228 valence electrons. The highest BCUT2D eigenvalue weighted by Gasteiger charge is 2.25. The Kier molecular flexibility index (Phi) is 10.6. The molecule has 11 heteroatoms. The highest BCUT2D eigenvalue weighted by atomic mass is 32.2. The lowest BCUT2D eigenvalue weighted by Gasteiger charge is -2.32. The highest BCUT2D eigenvalue weighted by molar-refractivity contribution is 8.01. The van der Waals surface area contributed by atoms with Gasteiger partial charge in [-0.05, 0) is 91.5 Å². The van der Waals surface area contributed by atoms with Crippen molar-refractivity contribution < 1.29 is 23.5 Å². The summed E-state index contributed by atoms with van der Waals surface area (Å²) in [6.07, 6.45) is 8.11. The number of pyridine rings is 2. The largest absolute Gasteiger partial charge is 0.490 e. The van der Waals surface area contributed by atoms with E-state index in [1.807, 2.05) is 37.4 Å². The summed E-state index contributed by atoms with van der Waals surface area (Å²) < 4.78 is 27.5. The molecule has 6 rings (SSSR count). The smallest absolute Gasteiger partial charge is 0.272 e. The average Bonchev–Trinajstić information content (AvgIpc) is 3.91. The number of carbonyl (C=O) groups excluding carboxylic acids is 2. The summed E-state index contributed by atoms with van der Waals surface area (Å²) >= 11 is 1.79. The fraction of sp³-hybridized carbons (Fsp3) is 0.273. The number of hydrogen-bond acceptors (Lipinski definition) is 9. The molecule has 0 bridgehead atoms. The summed E-state index contributed by atoms with van der Waals surface area (Å²) in [5.74, 6) is 1.51. The van der Waals surface area contributed by atoms with Gasteiger partial charge in [0.2, 0.25) is 5.88 Å². The standard InChI is InChI=1S/C21H23N3O3S.C12H11FN2O/c25-14-15-1-8-20(22-13-15)21(26)24-11-9-18(10-12-24)27-17-4-2-16(3-5-17)23-28-19-6-7-19;1-14-10-4-7-12(15-8-10)16-11-5-2-9(13)3-6-11/h1-5,8,13-14,18-19,23H,6-7,9-12H2;2-8,14H,1H3. The van der Waals surface area contributed by atoms with Crippen LogP contribution in [0.5, 0.6) is 17.4 Å². The van der Waals surface area contributed by atoms with E-state index in [0.29, 0.717) is 36.0 Å². The van der Waals surface area contributed by atoms with Crippen LogP contribution >= 0.6 is 11.9 Å². The van der Waals surface area contributed by atoms with E-state index >= 15 is 0 Å². The second kappa shape index (κ2) is 15.2. The second-order valence-corrected chi connectivity index (χ2v) is 11.4. The maximum absolute atomic E-state index is 12.6. The van der Waals surface area contributed by atoms with Crippen molar-refractivity contribution in [1.82, 2.24) is 14.9 Å². The number of benzene rings is 2. The molecule has 2 aromatic carbocycles. The molecule has 1 amide bonds. The maximum Gasteiger partial charge on any atom is 0.272 e. The zero-order valence-corrected chi connectivity index (χ0v) is 25.1. The van der Waals surface area contributed by atoms with Crippen molar-refractivity contribution in [2.24, 2.45) is 0 Å². The van der Waals surface area contributed by atoms with E-state index < -0.39 is 0 Å². The van der Waals surface area contributed by atoms with Crippen LogP contribution in [0.1, 0.15) is 46.5 Å². The second-order valence-electron chi connectivity index (χ2n) is 10.3. The van der Waals surface area contributed by atoms with Crippen molar-refractivity contribution in [3.8, 4) is 17.4 Å². The van der Waals surface area contributed by atoms with Crippen LogP contribution in [-0.4, -0.2) is 58.6 Å². The predicted molar refractivity (Wildman–Crippen MR) is 170 cm³/mol. The lowest BCUT2D eigenvalue weighted by Crippen LogP contribution is -2.42. The van der Waals surface area contributed by atoms with Crippen molar-refractivity contribution in [3.63, 3.8) is 0 Å². The normalized spacial score (nSPS) is 14.5.